The molecule has 0 aliphatic carbocycles. The number of halogens is 2. The van der Waals surface area contributed by atoms with Crippen LogP contribution in [0.15, 0.2) is 4.99 Å². The van der Waals surface area contributed by atoms with Crippen molar-refractivity contribution in [3.05, 3.63) is 0 Å². The lowest BCUT2D eigenvalue weighted by Crippen LogP contribution is -2.28. The molecule has 0 aliphatic rings. The summed E-state index contributed by atoms with van der Waals surface area (Å²) in [6.07, 6.45) is 0.526. The van der Waals surface area contributed by atoms with Crippen LogP contribution in [0.25, 0.3) is 0 Å². The quantitative estimate of drug-likeness (QED) is 0.415. The summed E-state index contributed by atoms with van der Waals surface area (Å²) < 4.78 is 0. The van der Waals surface area contributed by atoms with E-state index in [4.69, 9.17) is 17.2 Å². The van der Waals surface area contributed by atoms with Crippen molar-refractivity contribution in [3.63, 3.8) is 0 Å². The third-order valence-corrected chi connectivity index (χ3v) is 0.733. The van der Waals surface area contributed by atoms with E-state index in [2.05, 4.69) is 4.99 Å². The van der Waals surface area contributed by atoms with E-state index >= 15 is 0 Å². The average Bonchev–Trinajstić information content (AvgIpc) is 1.65. The normalized spacial score (nSPS) is 10.2. The summed E-state index contributed by atoms with van der Waals surface area (Å²) in [5.74, 6) is 0.0550. The van der Waals surface area contributed by atoms with Gasteiger partial charge in [-0.05, 0) is 6.42 Å². The summed E-state index contributed by atoms with van der Waals surface area (Å²) in [5.41, 5.74) is 15.4. The van der Waals surface area contributed by atoms with Gasteiger partial charge < -0.3 is 17.2 Å². The Balaban J connectivity index is -0.000000245. The van der Waals surface area contributed by atoms with Crippen molar-refractivity contribution in [2.45, 2.75) is 19.5 Å². The summed E-state index contributed by atoms with van der Waals surface area (Å²) in [5, 5.41) is 0. The molecule has 1 atom stereocenters. The van der Waals surface area contributed by atoms with Gasteiger partial charge in [0.15, 0.2) is 5.96 Å². The van der Waals surface area contributed by atoms with Crippen molar-refractivity contribution in [2.24, 2.45) is 22.2 Å². The molecule has 0 amide bonds. The van der Waals surface area contributed by atoms with Crippen molar-refractivity contribution in [2.75, 3.05) is 0 Å². The van der Waals surface area contributed by atoms with Gasteiger partial charge in [0.25, 0.3) is 0 Å². The number of hydrogen-bond donors (Lipinski definition) is 3. The van der Waals surface area contributed by atoms with Crippen LogP contribution in [0.1, 0.15) is 13.3 Å². The number of rotatable bonds is 2. The molecule has 0 bridgehead atoms. The lowest BCUT2D eigenvalue weighted by Gasteiger charge is -1.99. The molecule has 0 heterocycles. The molecule has 0 radical (unpaired) electrons. The minimum absolute atomic E-state index is 0. The molecule has 0 aliphatic heterocycles. The van der Waals surface area contributed by atoms with E-state index in [1.165, 1.54) is 0 Å². The zero-order valence-corrected chi connectivity index (χ0v) is 7.41. The molecule has 0 saturated heterocycles. The highest BCUT2D eigenvalue weighted by molar-refractivity contribution is 5.85. The Labute approximate surface area is 73.1 Å². The van der Waals surface area contributed by atoms with Gasteiger partial charge >= 0.3 is 0 Å². The van der Waals surface area contributed by atoms with Crippen LogP contribution in [-0.4, -0.2) is 12.1 Å². The summed E-state index contributed by atoms with van der Waals surface area (Å²) in [4.78, 5) is 3.65. The molecule has 6 heteroatoms. The first-order chi connectivity index (χ1) is 3.66. The van der Waals surface area contributed by atoms with Crippen LogP contribution >= 0.6 is 24.8 Å². The van der Waals surface area contributed by atoms with Gasteiger partial charge in [-0.25, -0.2) is 4.99 Å². The van der Waals surface area contributed by atoms with Gasteiger partial charge in [-0.2, -0.15) is 0 Å². The van der Waals surface area contributed by atoms with E-state index in [1.807, 2.05) is 6.92 Å². The highest BCUT2D eigenvalue weighted by Crippen LogP contribution is 1.83. The fraction of sp³-hybridized carbons (Fsp3) is 0.750. The van der Waals surface area contributed by atoms with Gasteiger partial charge in [0.2, 0.25) is 0 Å². The van der Waals surface area contributed by atoms with Gasteiger partial charge in [0, 0.05) is 0 Å². The fourth-order valence-electron chi connectivity index (χ4n) is 0.283. The SMILES string of the molecule is CCC(N)N=C(N)N.Cl.Cl. The molecule has 0 aromatic carbocycles. The van der Waals surface area contributed by atoms with Crippen LogP contribution in [0.2, 0.25) is 0 Å². The lowest BCUT2D eigenvalue weighted by molar-refractivity contribution is 0.682. The first kappa shape index (κ1) is 16.4. The third kappa shape index (κ3) is 10.7. The predicted octanol–water partition coefficient (Wildman–Crippen LogP) is -0.202. The summed E-state index contributed by atoms with van der Waals surface area (Å²) in [6.45, 7) is 1.91. The van der Waals surface area contributed by atoms with Crippen molar-refractivity contribution in [3.8, 4) is 0 Å². The van der Waals surface area contributed by atoms with Crippen molar-refractivity contribution < 1.29 is 0 Å². The first-order valence-electron chi connectivity index (χ1n) is 2.51. The van der Waals surface area contributed by atoms with Gasteiger partial charge in [-0.15, -0.1) is 24.8 Å². The standard InChI is InChI=1S/C4H12N4.2ClH/c1-2-3(5)8-4(6)7;;/h3H,2,5H2,1H3,(H4,6,7,8);2*1H. The van der Waals surface area contributed by atoms with E-state index in [1.54, 1.807) is 0 Å². The topological polar surface area (TPSA) is 90.4 Å². The summed E-state index contributed by atoms with van der Waals surface area (Å²) in [7, 11) is 0. The van der Waals surface area contributed by atoms with E-state index in [0.717, 1.165) is 6.42 Å². The Kier molecular flexibility index (Phi) is 14.5. The van der Waals surface area contributed by atoms with Crippen LogP contribution in [-0.2, 0) is 0 Å². The molecule has 64 valence electrons. The molecule has 10 heavy (non-hydrogen) atoms. The molecular weight excluding hydrogens is 175 g/mol. The Bertz CT molecular complexity index is 91.3. The number of nitrogens with two attached hydrogens (primary N) is 3. The monoisotopic (exact) mass is 188 g/mol. The average molecular weight is 189 g/mol. The minimum Gasteiger partial charge on any atom is -0.370 e. The second kappa shape index (κ2) is 8.81. The zero-order valence-electron chi connectivity index (χ0n) is 5.78. The molecular formula is C4H14Cl2N4. The van der Waals surface area contributed by atoms with Crippen LogP contribution in [0.4, 0.5) is 0 Å². The van der Waals surface area contributed by atoms with E-state index < -0.39 is 0 Å². The highest BCUT2D eigenvalue weighted by Gasteiger charge is 1.91. The fourth-order valence-corrected chi connectivity index (χ4v) is 0.283. The van der Waals surface area contributed by atoms with Crippen molar-refractivity contribution >= 4 is 30.8 Å². The maximum atomic E-state index is 5.33. The summed E-state index contributed by atoms with van der Waals surface area (Å²) >= 11 is 0. The molecule has 0 spiro atoms. The summed E-state index contributed by atoms with van der Waals surface area (Å²) in [6, 6.07) is 0. The smallest absolute Gasteiger partial charge is 0.187 e. The van der Waals surface area contributed by atoms with E-state index in [-0.39, 0.29) is 36.9 Å². The second-order valence-corrected chi connectivity index (χ2v) is 1.53. The number of nitrogens with zero attached hydrogens (tertiary/aromatic N) is 1. The Morgan fingerprint density at radius 1 is 1.40 bits per heavy atom. The van der Waals surface area contributed by atoms with Crippen molar-refractivity contribution in [1.29, 1.82) is 0 Å². The minimum atomic E-state index is -0.236. The van der Waals surface area contributed by atoms with Gasteiger partial charge in [-0.3, -0.25) is 0 Å². The largest absolute Gasteiger partial charge is 0.370 e. The number of aliphatic imine (C=N–C) groups is 1. The Hall–Kier alpha value is -0.190. The predicted molar refractivity (Wildman–Crippen MR) is 48.6 cm³/mol. The van der Waals surface area contributed by atoms with Gasteiger partial charge in [0.1, 0.15) is 6.17 Å². The van der Waals surface area contributed by atoms with Crippen molar-refractivity contribution in [1.82, 2.24) is 0 Å². The van der Waals surface area contributed by atoms with Crippen LogP contribution in [0, 0.1) is 0 Å². The van der Waals surface area contributed by atoms with Crippen LogP contribution in [0.5, 0.6) is 0 Å². The molecule has 0 saturated carbocycles. The molecule has 0 fully saturated rings. The maximum absolute atomic E-state index is 5.33. The molecule has 0 rings (SSSR count). The molecule has 6 N–H and O–H groups in total. The second-order valence-electron chi connectivity index (χ2n) is 1.53. The third-order valence-electron chi connectivity index (χ3n) is 0.733. The van der Waals surface area contributed by atoms with Gasteiger partial charge in [0.05, 0.1) is 0 Å². The van der Waals surface area contributed by atoms with Crippen LogP contribution < -0.4 is 17.2 Å². The first-order valence-corrected chi connectivity index (χ1v) is 2.51. The van der Waals surface area contributed by atoms with Crippen LogP contribution in [0.3, 0.4) is 0 Å². The molecule has 0 aromatic heterocycles. The zero-order chi connectivity index (χ0) is 6.57. The molecule has 0 aromatic rings. The maximum Gasteiger partial charge on any atom is 0.187 e. The highest BCUT2D eigenvalue weighted by atomic mass is 35.5. The van der Waals surface area contributed by atoms with Gasteiger partial charge in [-0.1, -0.05) is 6.92 Å². The molecule has 1 unspecified atom stereocenters. The molecule has 4 nitrogen and oxygen atoms in total. The Morgan fingerprint density at radius 3 is 1.90 bits per heavy atom. The number of guanidine groups is 1. The van der Waals surface area contributed by atoms with E-state index in [9.17, 15) is 0 Å². The lowest BCUT2D eigenvalue weighted by atomic mass is 10.4. The Morgan fingerprint density at radius 2 is 1.80 bits per heavy atom. The number of hydrogen-bond acceptors (Lipinski definition) is 2. The van der Waals surface area contributed by atoms with E-state index in [0.29, 0.717) is 0 Å².